The van der Waals surface area contributed by atoms with Crippen molar-refractivity contribution >= 4 is 5.91 Å². The first-order chi connectivity index (χ1) is 13.1. The molecule has 0 radical (unpaired) electrons. The van der Waals surface area contributed by atoms with Gasteiger partial charge in [0.1, 0.15) is 23.5 Å². The van der Waals surface area contributed by atoms with Crippen molar-refractivity contribution in [2.24, 2.45) is 0 Å². The molecule has 0 saturated carbocycles. The van der Waals surface area contributed by atoms with Gasteiger partial charge in [0.15, 0.2) is 0 Å². The summed E-state index contributed by atoms with van der Waals surface area (Å²) in [6.07, 6.45) is 3.87. The number of hydrogen-bond acceptors (Lipinski definition) is 3. The van der Waals surface area contributed by atoms with Gasteiger partial charge in [-0.05, 0) is 23.8 Å². The van der Waals surface area contributed by atoms with Gasteiger partial charge in [-0.3, -0.25) is 9.78 Å². The number of halogens is 2. The van der Waals surface area contributed by atoms with E-state index in [1.165, 1.54) is 0 Å². The van der Waals surface area contributed by atoms with Gasteiger partial charge in [-0.1, -0.05) is 24.3 Å². The number of carbonyl (C=O) groups is 1. The van der Waals surface area contributed by atoms with E-state index in [1.54, 1.807) is 12.4 Å². The zero-order valence-corrected chi connectivity index (χ0v) is 14.3. The summed E-state index contributed by atoms with van der Waals surface area (Å²) in [4.78, 5) is 16.3. The predicted octanol–water partition coefficient (Wildman–Crippen LogP) is 3.76. The number of para-hydroxylation sites is 1. The first kappa shape index (κ1) is 17.1. The second-order valence-corrected chi connectivity index (χ2v) is 6.35. The number of hydrogen-bond donors (Lipinski definition) is 1. The molecule has 1 atom stereocenters. The van der Waals surface area contributed by atoms with Crippen molar-refractivity contribution in [2.75, 3.05) is 6.54 Å². The molecule has 2 aromatic carbocycles. The van der Waals surface area contributed by atoms with Crippen molar-refractivity contribution in [3.8, 4) is 16.9 Å². The number of amides is 1. The molecule has 1 unspecified atom stereocenters. The lowest BCUT2D eigenvalue weighted by Gasteiger charge is -2.13. The Hall–Kier alpha value is -3.28. The maximum Gasteiger partial charge on any atom is 0.251 e. The highest BCUT2D eigenvalue weighted by molar-refractivity contribution is 5.94. The highest BCUT2D eigenvalue weighted by Gasteiger charge is 2.26. The van der Waals surface area contributed by atoms with Crippen molar-refractivity contribution in [1.29, 1.82) is 0 Å². The van der Waals surface area contributed by atoms with Crippen LogP contribution in [0.5, 0.6) is 5.75 Å². The molecule has 27 heavy (non-hydrogen) atoms. The van der Waals surface area contributed by atoms with Gasteiger partial charge in [0.2, 0.25) is 0 Å². The van der Waals surface area contributed by atoms with Gasteiger partial charge < -0.3 is 10.1 Å². The van der Waals surface area contributed by atoms with Crippen LogP contribution in [0.4, 0.5) is 8.78 Å². The molecule has 3 aromatic rings. The van der Waals surface area contributed by atoms with Gasteiger partial charge in [-0.15, -0.1) is 0 Å². The first-order valence-electron chi connectivity index (χ1n) is 8.53. The Balaban J connectivity index is 1.45. The molecule has 4 rings (SSSR count). The quantitative estimate of drug-likeness (QED) is 0.765. The van der Waals surface area contributed by atoms with Crippen LogP contribution in [0.15, 0.2) is 60.9 Å². The van der Waals surface area contributed by atoms with E-state index in [0.29, 0.717) is 6.42 Å². The molecular formula is C21H16F2N2O2. The Morgan fingerprint density at radius 3 is 2.70 bits per heavy atom. The largest absolute Gasteiger partial charge is 0.487 e. The van der Waals surface area contributed by atoms with Crippen LogP contribution in [0.25, 0.3) is 11.1 Å². The Labute approximate surface area is 154 Å². The summed E-state index contributed by atoms with van der Waals surface area (Å²) in [6.45, 7) is 0.234. The minimum absolute atomic E-state index is 0.0564. The van der Waals surface area contributed by atoms with Gasteiger partial charge in [-0.2, -0.15) is 0 Å². The van der Waals surface area contributed by atoms with E-state index in [-0.39, 0.29) is 18.2 Å². The number of carbonyl (C=O) groups excluding carboxylic acids is 1. The third-order valence-corrected chi connectivity index (χ3v) is 4.42. The van der Waals surface area contributed by atoms with Crippen LogP contribution in [0.3, 0.4) is 0 Å². The van der Waals surface area contributed by atoms with Crippen LogP contribution < -0.4 is 10.1 Å². The molecular weight excluding hydrogens is 350 g/mol. The fraction of sp³-hybridized carbons (Fsp3) is 0.143. The van der Waals surface area contributed by atoms with Gasteiger partial charge >= 0.3 is 0 Å². The molecule has 136 valence electrons. The molecule has 0 aliphatic carbocycles. The third-order valence-electron chi connectivity index (χ3n) is 4.42. The summed E-state index contributed by atoms with van der Waals surface area (Å²) < 4.78 is 32.6. The zero-order valence-electron chi connectivity index (χ0n) is 14.3. The first-order valence-corrected chi connectivity index (χ1v) is 8.53. The number of pyridine rings is 1. The van der Waals surface area contributed by atoms with Crippen molar-refractivity contribution < 1.29 is 18.3 Å². The Morgan fingerprint density at radius 1 is 1.15 bits per heavy atom. The van der Waals surface area contributed by atoms with Crippen LogP contribution in [-0.2, 0) is 6.42 Å². The van der Waals surface area contributed by atoms with E-state index in [4.69, 9.17) is 4.74 Å². The van der Waals surface area contributed by atoms with Crippen molar-refractivity contribution in [3.63, 3.8) is 0 Å². The fourth-order valence-electron chi connectivity index (χ4n) is 3.20. The zero-order chi connectivity index (χ0) is 18.8. The SMILES string of the molecule is O=C(NCC1Cc2cccc(-c3cccnc3)c2O1)c1cc(F)cc(F)c1. The monoisotopic (exact) mass is 366 g/mol. The second kappa shape index (κ2) is 7.15. The Morgan fingerprint density at radius 2 is 1.96 bits per heavy atom. The minimum atomic E-state index is -0.786. The van der Waals surface area contributed by atoms with Gasteiger partial charge in [0.05, 0.1) is 6.54 Å². The molecule has 0 saturated heterocycles. The molecule has 0 spiro atoms. The van der Waals surface area contributed by atoms with E-state index in [9.17, 15) is 13.6 Å². The highest BCUT2D eigenvalue weighted by Crippen LogP contribution is 2.38. The van der Waals surface area contributed by atoms with Crippen LogP contribution >= 0.6 is 0 Å². The number of nitrogens with zero attached hydrogens (tertiary/aromatic N) is 1. The Bertz CT molecular complexity index is 972. The molecule has 4 nitrogen and oxygen atoms in total. The molecule has 0 fully saturated rings. The maximum absolute atomic E-state index is 13.3. The molecule has 2 heterocycles. The van der Waals surface area contributed by atoms with Gasteiger partial charge in [0, 0.05) is 41.6 Å². The minimum Gasteiger partial charge on any atom is -0.487 e. The molecule has 0 bridgehead atoms. The summed E-state index contributed by atoms with van der Waals surface area (Å²) in [5, 5.41) is 2.68. The average molecular weight is 366 g/mol. The number of fused-ring (bicyclic) bond motifs is 1. The molecule has 1 amide bonds. The van der Waals surface area contributed by atoms with Crippen LogP contribution in [0, 0.1) is 11.6 Å². The number of nitrogens with one attached hydrogen (secondary N) is 1. The smallest absolute Gasteiger partial charge is 0.251 e. The maximum atomic E-state index is 13.3. The number of rotatable bonds is 4. The predicted molar refractivity (Wildman–Crippen MR) is 96.5 cm³/mol. The second-order valence-electron chi connectivity index (χ2n) is 6.35. The number of aromatic nitrogens is 1. The fourth-order valence-corrected chi connectivity index (χ4v) is 3.20. The average Bonchev–Trinajstić information content (AvgIpc) is 3.09. The molecule has 1 N–H and O–H groups in total. The van der Waals surface area contributed by atoms with Crippen LogP contribution in [0.1, 0.15) is 15.9 Å². The van der Waals surface area contributed by atoms with E-state index in [1.807, 2.05) is 30.3 Å². The van der Waals surface area contributed by atoms with Gasteiger partial charge in [-0.25, -0.2) is 8.78 Å². The normalized spacial score (nSPS) is 15.1. The van der Waals surface area contributed by atoms with Crippen LogP contribution in [-0.4, -0.2) is 23.5 Å². The summed E-state index contributed by atoms with van der Waals surface area (Å²) in [5.74, 6) is -1.33. The van der Waals surface area contributed by atoms with Crippen molar-refractivity contribution in [3.05, 3.63) is 83.7 Å². The molecule has 1 aliphatic heterocycles. The highest BCUT2D eigenvalue weighted by atomic mass is 19.1. The van der Waals surface area contributed by atoms with Crippen molar-refractivity contribution in [2.45, 2.75) is 12.5 Å². The lowest BCUT2D eigenvalue weighted by atomic mass is 10.0. The molecule has 6 heteroatoms. The number of ether oxygens (including phenoxy) is 1. The summed E-state index contributed by atoms with van der Waals surface area (Å²) in [5.41, 5.74) is 2.89. The third kappa shape index (κ3) is 3.65. The standard InChI is InChI=1S/C21H16F2N2O2/c22-16-7-15(8-17(23)10-16)21(26)25-12-18-9-13-3-1-5-19(20(13)27-18)14-4-2-6-24-11-14/h1-8,10-11,18H,9,12H2,(H,25,26). The lowest BCUT2D eigenvalue weighted by molar-refractivity contribution is 0.0932. The summed E-state index contributed by atoms with van der Waals surface area (Å²) >= 11 is 0. The van der Waals surface area contributed by atoms with E-state index in [0.717, 1.165) is 40.6 Å². The van der Waals surface area contributed by atoms with Gasteiger partial charge in [0.25, 0.3) is 5.91 Å². The lowest BCUT2D eigenvalue weighted by Crippen LogP contribution is -2.34. The molecule has 1 aliphatic rings. The Kier molecular flexibility index (Phi) is 4.54. The number of benzene rings is 2. The van der Waals surface area contributed by atoms with E-state index >= 15 is 0 Å². The van der Waals surface area contributed by atoms with E-state index in [2.05, 4.69) is 10.3 Å². The summed E-state index contributed by atoms with van der Waals surface area (Å²) in [6, 6.07) is 12.5. The topological polar surface area (TPSA) is 51.2 Å². The summed E-state index contributed by atoms with van der Waals surface area (Å²) in [7, 11) is 0. The molecule has 1 aromatic heterocycles. The van der Waals surface area contributed by atoms with Crippen molar-refractivity contribution in [1.82, 2.24) is 10.3 Å². The van der Waals surface area contributed by atoms with Crippen LogP contribution in [0.2, 0.25) is 0 Å². The van der Waals surface area contributed by atoms with E-state index < -0.39 is 17.5 Å².